The molecule has 0 atom stereocenters. The number of hydrogen-bond donors (Lipinski definition) is 1. The predicted molar refractivity (Wildman–Crippen MR) is 124 cm³/mol. The van der Waals surface area contributed by atoms with Crippen LogP contribution in [0.1, 0.15) is 18.4 Å². The number of carbonyl (C=O) groups excluding carboxylic acids is 2. The smallest absolute Gasteiger partial charge is 0.270 e. The Balaban J connectivity index is 1.54. The van der Waals surface area contributed by atoms with Gasteiger partial charge >= 0.3 is 0 Å². The second kappa shape index (κ2) is 10.1. The van der Waals surface area contributed by atoms with Gasteiger partial charge in [0.05, 0.1) is 14.8 Å². The summed E-state index contributed by atoms with van der Waals surface area (Å²) < 4.78 is 0.349. The third kappa shape index (κ3) is 5.74. The minimum atomic E-state index is -0.526. The average Bonchev–Trinajstić information content (AvgIpc) is 3.01. The summed E-state index contributed by atoms with van der Waals surface area (Å²) >= 11 is 6.36. The molecule has 1 fully saturated rings. The number of non-ortho nitro benzene ring substituents is 2. The van der Waals surface area contributed by atoms with Crippen molar-refractivity contribution in [2.24, 2.45) is 0 Å². The number of amides is 2. The quantitative estimate of drug-likeness (QED) is 0.262. The van der Waals surface area contributed by atoms with E-state index in [1.54, 1.807) is 12.1 Å². The van der Waals surface area contributed by atoms with E-state index in [1.807, 2.05) is 0 Å². The summed E-state index contributed by atoms with van der Waals surface area (Å²) in [5.41, 5.74) is 0.803. The molecule has 0 unspecified atom stereocenters. The van der Waals surface area contributed by atoms with Gasteiger partial charge in [-0.15, -0.1) is 0 Å². The van der Waals surface area contributed by atoms with Crippen molar-refractivity contribution in [3.63, 3.8) is 0 Å². The van der Waals surface area contributed by atoms with E-state index in [0.717, 1.165) is 11.8 Å². The predicted octanol–water partition coefficient (Wildman–Crippen LogP) is 4.12. The van der Waals surface area contributed by atoms with Crippen LogP contribution in [0.3, 0.4) is 0 Å². The van der Waals surface area contributed by atoms with Crippen LogP contribution in [-0.2, 0) is 9.59 Å². The third-order valence-electron chi connectivity index (χ3n) is 4.40. The second-order valence-electron chi connectivity index (χ2n) is 6.64. The fraction of sp³-hybridized carbons (Fsp3) is 0.150. The summed E-state index contributed by atoms with van der Waals surface area (Å²) in [5, 5.41) is 24.2. The van der Waals surface area contributed by atoms with Crippen molar-refractivity contribution in [2.75, 3.05) is 11.9 Å². The van der Waals surface area contributed by atoms with Gasteiger partial charge in [0.1, 0.15) is 4.32 Å². The Kier molecular flexibility index (Phi) is 7.28. The molecule has 0 radical (unpaired) electrons. The van der Waals surface area contributed by atoms with E-state index in [2.05, 4.69) is 5.32 Å². The van der Waals surface area contributed by atoms with Crippen molar-refractivity contribution in [1.29, 1.82) is 0 Å². The van der Waals surface area contributed by atoms with Gasteiger partial charge in [-0.05, 0) is 30.2 Å². The molecule has 1 saturated heterocycles. The maximum Gasteiger partial charge on any atom is 0.270 e. The number of carbonyl (C=O) groups is 2. The molecule has 3 rings (SSSR count). The Labute approximate surface area is 191 Å². The highest BCUT2D eigenvalue weighted by Crippen LogP contribution is 2.33. The van der Waals surface area contributed by atoms with Crippen LogP contribution in [0.4, 0.5) is 17.1 Å². The Hall–Kier alpha value is -3.64. The summed E-state index contributed by atoms with van der Waals surface area (Å²) in [7, 11) is 0. The summed E-state index contributed by atoms with van der Waals surface area (Å²) in [5.74, 6) is -0.612. The number of anilines is 1. The number of nitrogens with zero attached hydrogens (tertiary/aromatic N) is 3. The Morgan fingerprint density at radius 1 is 1.09 bits per heavy atom. The summed E-state index contributed by atoms with van der Waals surface area (Å²) in [4.78, 5) is 47.0. The van der Waals surface area contributed by atoms with E-state index < -0.39 is 9.85 Å². The number of nitro groups is 2. The van der Waals surface area contributed by atoms with Gasteiger partial charge in [-0.1, -0.05) is 36.1 Å². The van der Waals surface area contributed by atoms with Crippen LogP contribution in [0, 0.1) is 20.2 Å². The molecule has 32 heavy (non-hydrogen) atoms. The number of thioether (sulfide) groups is 1. The average molecular weight is 473 g/mol. The first-order valence-electron chi connectivity index (χ1n) is 9.29. The first-order chi connectivity index (χ1) is 15.2. The normalized spacial score (nSPS) is 14.6. The lowest BCUT2D eigenvalue weighted by Crippen LogP contribution is -2.29. The Bertz CT molecular complexity index is 1130. The molecular formula is C20H16N4O6S2. The van der Waals surface area contributed by atoms with Gasteiger partial charge in [-0.2, -0.15) is 0 Å². The molecule has 1 N–H and O–H groups in total. The topological polar surface area (TPSA) is 136 Å². The molecule has 0 aromatic heterocycles. The summed E-state index contributed by atoms with van der Waals surface area (Å²) in [6, 6.07) is 11.4. The van der Waals surface area contributed by atoms with Crippen molar-refractivity contribution in [3.05, 3.63) is 79.2 Å². The number of benzene rings is 2. The van der Waals surface area contributed by atoms with Crippen LogP contribution in [0.5, 0.6) is 0 Å². The molecule has 10 nitrogen and oxygen atoms in total. The highest BCUT2D eigenvalue weighted by Gasteiger charge is 2.31. The Morgan fingerprint density at radius 2 is 1.78 bits per heavy atom. The van der Waals surface area contributed by atoms with Gasteiger partial charge in [-0.25, -0.2) is 0 Å². The van der Waals surface area contributed by atoms with Gasteiger partial charge in [0.2, 0.25) is 5.91 Å². The highest BCUT2D eigenvalue weighted by atomic mass is 32.2. The number of nitro benzene ring substituents is 2. The lowest BCUT2D eigenvalue weighted by molar-refractivity contribution is -0.385. The van der Waals surface area contributed by atoms with Crippen molar-refractivity contribution in [1.82, 2.24) is 4.90 Å². The van der Waals surface area contributed by atoms with E-state index in [0.29, 0.717) is 26.9 Å². The van der Waals surface area contributed by atoms with Gasteiger partial charge < -0.3 is 5.32 Å². The lowest BCUT2D eigenvalue weighted by atomic mass is 10.2. The zero-order chi connectivity index (χ0) is 23.3. The minimum Gasteiger partial charge on any atom is -0.326 e. The zero-order valence-electron chi connectivity index (χ0n) is 16.4. The van der Waals surface area contributed by atoms with E-state index in [9.17, 15) is 29.8 Å². The van der Waals surface area contributed by atoms with E-state index in [-0.39, 0.29) is 36.2 Å². The molecule has 0 spiro atoms. The molecule has 1 heterocycles. The number of nitrogens with one attached hydrogen (secondary N) is 1. The van der Waals surface area contributed by atoms with Gasteiger partial charge in [0.25, 0.3) is 17.3 Å². The molecule has 0 aliphatic carbocycles. The second-order valence-corrected chi connectivity index (χ2v) is 8.32. The largest absolute Gasteiger partial charge is 0.326 e. The molecule has 0 saturated carbocycles. The molecule has 1 aliphatic heterocycles. The molecule has 164 valence electrons. The van der Waals surface area contributed by atoms with Crippen molar-refractivity contribution < 1.29 is 19.4 Å². The maximum atomic E-state index is 12.7. The van der Waals surface area contributed by atoms with Gasteiger partial charge in [0, 0.05) is 42.9 Å². The first kappa shape index (κ1) is 23.0. The molecule has 2 aromatic carbocycles. The lowest BCUT2D eigenvalue weighted by Gasteiger charge is -2.14. The van der Waals surface area contributed by atoms with Crippen LogP contribution in [-0.4, -0.2) is 37.4 Å². The van der Waals surface area contributed by atoms with Gasteiger partial charge in [0.15, 0.2) is 0 Å². The van der Waals surface area contributed by atoms with Crippen molar-refractivity contribution >= 4 is 63.3 Å². The van der Waals surface area contributed by atoms with E-state index in [1.165, 1.54) is 47.4 Å². The summed E-state index contributed by atoms with van der Waals surface area (Å²) in [6.07, 6.45) is 2.03. The molecular weight excluding hydrogens is 456 g/mol. The first-order valence-corrected chi connectivity index (χ1v) is 10.5. The molecule has 2 aromatic rings. The van der Waals surface area contributed by atoms with Crippen molar-refractivity contribution in [3.8, 4) is 0 Å². The van der Waals surface area contributed by atoms with Crippen LogP contribution >= 0.6 is 24.0 Å². The molecule has 0 bridgehead atoms. The molecule has 12 heteroatoms. The van der Waals surface area contributed by atoms with Crippen LogP contribution in [0.2, 0.25) is 0 Å². The fourth-order valence-electron chi connectivity index (χ4n) is 2.86. The summed E-state index contributed by atoms with van der Waals surface area (Å²) in [6.45, 7) is 0.241. The highest BCUT2D eigenvalue weighted by molar-refractivity contribution is 8.26. The van der Waals surface area contributed by atoms with E-state index >= 15 is 0 Å². The number of rotatable bonds is 8. The fourth-order valence-corrected chi connectivity index (χ4v) is 4.17. The SMILES string of the molecule is O=C(CCCN1C(=O)/C(=C/c2cccc([N+](=O)[O-])c2)SC1=S)Nc1ccc([N+](=O)[O-])cc1. The van der Waals surface area contributed by atoms with Crippen molar-refractivity contribution in [2.45, 2.75) is 12.8 Å². The van der Waals surface area contributed by atoms with Gasteiger partial charge in [-0.3, -0.25) is 34.7 Å². The van der Waals surface area contributed by atoms with Crippen LogP contribution < -0.4 is 5.32 Å². The monoisotopic (exact) mass is 472 g/mol. The third-order valence-corrected chi connectivity index (χ3v) is 5.78. The minimum absolute atomic E-state index is 0.0736. The molecule has 2 amide bonds. The van der Waals surface area contributed by atoms with Crippen LogP contribution in [0.25, 0.3) is 6.08 Å². The molecule has 1 aliphatic rings. The number of thiocarbonyl (C=S) groups is 1. The standard InChI is InChI=1S/C20H16N4O6S2/c25-18(21-14-6-8-15(9-7-14)23(27)28)5-2-10-22-19(26)17(32-20(22)31)12-13-3-1-4-16(11-13)24(29)30/h1,3-4,6-9,11-12H,2,5,10H2,(H,21,25)/b17-12-. The zero-order valence-corrected chi connectivity index (χ0v) is 18.1. The number of hydrogen-bond acceptors (Lipinski definition) is 8. The maximum absolute atomic E-state index is 12.7. The Morgan fingerprint density at radius 3 is 2.44 bits per heavy atom. The van der Waals surface area contributed by atoms with E-state index in [4.69, 9.17) is 12.2 Å². The van der Waals surface area contributed by atoms with Crippen LogP contribution in [0.15, 0.2) is 53.4 Å².